The second-order valence-corrected chi connectivity index (χ2v) is 15.0. The summed E-state index contributed by atoms with van der Waals surface area (Å²) in [6.45, 7) is 0. The second-order valence-electron chi connectivity index (χ2n) is 13.9. The van der Waals surface area contributed by atoms with E-state index in [0.29, 0.717) is 45.4 Å². The molecular weight excluding hydrogens is 717 g/mol. The van der Waals surface area contributed by atoms with Crippen LogP contribution >= 0.6 is 11.3 Å². The van der Waals surface area contributed by atoms with E-state index in [2.05, 4.69) is 36.4 Å². The van der Waals surface area contributed by atoms with Gasteiger partial charge in [-0.1, -0.05) is 133 Å². The van der Waals surface area contributed by atoms with Crippen molar-refractivity contribution in [2.75, 3.05) is 0 Å². The highest BCUT2D eigenvalue weighted by Crippen LogP contribution is 2.43. The Labute approximate surface area is 339 Å². The summed E-state index contributed by atoms with van der Waals surface area (Å²) in [6.07, 6.45) is 0. The Kier molecular flexibility index (Phi) is 5.82. The Hall–Kier alpha value is -7.41. The molecule has 0 atom stereocenters. The van der Waals surface area contributed by atoms with Crippen molar-refractivity contribution < 1.29 is 12.6 Å². The first kappa shape index (κ1) is 26.4. The molecule has 6 heteroatoms. The van der Waals surface area contributed by atoms with Crippen LogP contribution in [0.4, 0.5) is 0 Å². The fraction of sp³-hybridized carbons (Fsp3) is 0. The van der Waals surface area contributed by atoms with Crippen LogP contribution in [0.3, 0.4) is 0 Å². The van der Waals surface area contributed by atoms with Gasteiger partial charge in [-0.15, -0.1) is 11.3 Å². The van der Waals surface area contributed by atoms with E-state index in [0.717, 1.165) is 48.7 Å². The van der Waals surface area contributed by atoms with E-state index in [9.17, 15) is 0 Å². The summed E-state index contributed by atoms with van der Waals surface area (Å²) in [4.78, 5) is 15.2. The van der Waals surface area contributed by atoms with Crippen LogP contribution in [0.1, 0.15) is 8.22 Å². The Morgan fingerprint density at radius 2 is 1.14 bits per heavy atom. The molecule has 0 unspecified atom stereocenters. The smallest absolute Gasteiger partial charge is 0.165 e. The highest BCUT2D eigenvalue weighted by Gasteiger charge is 2.21. The largest absolute Gasteiger partial charge is 0.455 e. The summed E-state index contributed by atoms with van der Waals surface area (Å²) < 4.78 is 63.8. The van der Waals surface area contributed by atoms with E-state index in [1.807, 2.05) is 97.1 Å². The van der Waals surface area contributed by atoms with E-state index in [-0.39, 0.29) is 47.0 Å². The van der Waals surface area contributed by atoms with Crippen molar-refractivity contribution in [1.82, 2.24) is 19.5 Å². The second kappa shape index (κ2) is 12.6. The molecule has 0 spiro atoms. The number of benzene rings is 8. The van der Waals surface area contributed by atoms with Crippen LogP contribution in [0.2, 0.25) is 0 Å². The molecule has 266 valence electrons. The minimum absolute atomic E-state index is 0.0224. The number of furan rings is 1. The molecule has 57 heavy (non-hydrogen) atoms. The van der Waals surface area contributed by atoms with Crippen molar-refractivity contribution in [1.29, 1.82) is 0 Å². The summed E-state index contributed by atoms with van der Waals surface area (Å²) in [7, 11) is 0. The Morgan fingerprint density at radius 1 is 0.474 bits per heavy atom. The summed E-state index contributed by atoms with van der Waals surface area (Å²) in [5.41, 5.74) is 6.51. The van der Waals surface area contributed by atoms with Gasteiger partial charge in [-0.05, 0) is 54.0 Å². The van der Waals surface area contributed by atoms with Crippen molar-refractivity contribution in [2.24, 2.45) is 0 Å². The summed E-state index contributed by atoms with van der Waals surface area (Å²) >= 11 is 1.72. The molecule has 0 saturated carbocycles. The molecular formula is C51H30N4OS. The molecule has 4 aromatic heterocycles. The molecule has 0 N–H and O–H groups in total. The number of hydrogen-bond donors (Lipinski definition) is 0. The molecule has 12 aromatic rings. The number of para-hydroxylation sites is 2. The van der Waals surface area contributed by atoms with Gasteiger partial charge in [0.05, 0.1) is 19.3 Å². The molecule has 0 radical (unpaired) electrons. The first-order valence-corrected chi connectivity index (χ1v) is 19.3. The molecule has 0 aliphatic heterocycles. The molecule has 0 saturated heterocycles. The average Bonchev–Trinajstić information content (AvgIpc) is 4.01. The van der Waals surface area contributed by atoms with Gasteiger partial charge in [0.15, 0.2) is 17.5 Å². The minimum atomic E-state index is -0.164. The number of fused-ring (bicyclic) bond motifs is 9. The molecule has 0 amide bonds. The normalized spacial score (nSPS) is 13.3. The van der Waals surface area contributed by atoms with Gasteiger partial charge >= 0.3 is 0 Å². The van der Waals surface area contributed by atoms with E-state index >= 15 is 0 Å². The van der Waals surface area contributed by atoms with Crippen LogP contribution in [0, 0.1) is 0 Å². The third-order valence-electron chi connectivity index (χ3n) is 10.6. The number of hydrogen-bond acceptors (Lipinski definition) is 5. The van der Waals surface area contributed by atoms with Gasteiger partial charge in [0.25, 0.3) is 0 Å². The highest BCUT2D eigenvalue weighted by atomic mass is 32.1. The van der Waals surface area contributed by atoms with Crippen LogP contribution in [0.5, 0.6) is 0 Å². The Morgan fingerprint density at radius 3 is 1.91 bits per heavy atom. The van der Waals surface area contributed by atoms with Gasteiger partial charge in [0, 0.05) is 69.7 Å². The van der Waals surface area contributed by atoms with E-state index in [1.165, 1.54) is 22.2 Å². The molecule has 0 aliphatic carbocycles. The van der Waals surface area contributed by atoms with Crippen molar-refractivity contribution in [3.63, 3.8) is 0 Å². The average molecular weight is 753 g/mol. The lowest BCUT2D eigenvalue weighted by molar-refractivity contribution is 0.670. The first-order chi connectivity index (χ1) is 30.7. The fourth-order valence-corrected chi connectivity index (χ4v) is 9.21. The van der Waals surface area contributed by atoms with E-state index in [1.54, 1.807) is 15.9 Å². The van der Waals surface area contributed by atoms with Crippen LogP contribution < -0.4 is 0 Å². The molecule has 0 aliphatic rings. The third kappa shape index (κ3) is 5.04. The van der Waals surface area contributed by atoms with Crippen LogP contribution in [0.25, 0.3) is 115 Å². The zero-order chi connectivity index (χ0) is 42.7. The SMILES string of the molecule is [2H]c1cc([2H])c2c(c1[2H])c1c([2H])c([2H])cc([2H])c1n2-c1cc(-c2ccccc2)c2oc3cc(-c4nc(-c5ccccc5)nc(-c5cccc6c5sc5ccccc56)n4)ccc3c2c1. The molecule has 12 rings (SSSR count). The Balaban J connectivity index is 1.10. The summed E-state index contributed by atoms with van der Waals surface area (Å²) in [5, 5.41) is 4.32. The standard InChI is InChI=1S/C51H30N4OS/c1-3-14-31(15-4-1)41-29-34(55-43-23-10-7-18-35(43)36-19-8-11-24-44(36)55)30-42-37-27-26-33(28-45(37)56-47(41)42)50-52-49(32-16-5-2-6-17-32)53-51(54-50)40-22-13-21-39-38-20-9-12-25-46(38)57-48(39)40/h1-30H/i7D,8D,18D,19D,23D,24D. The number of thiophene rings is 1. The topological polar surface area (TPSA) is 56.7 Å². The Bertz CT molecular complexity index is 3810. The van der Waals surface area contributed by atoms with E-state index in [4.69, 9.17) is 27.6 Å². The van der Waals surface area contributed by atoms with Gasteiger partial charge in [-0.3, -0.25) is 0 Å². The van der Waals surface area contributed by atoms with Crippen molar-refractivity contribution in [2.45, 2.75) is 0 Å². The molecule has 8 aromatic carbocycles. The first-order valence-electron chi connectivity index (χ1n) is 21.5. The quantitative estimate of drug-likeness (QED) is 0.176. The monoisotopic (exact) mass is 752 g/mol. The van der Waals surface area contributed by atoms with Gasteiger partial charge in [0.1, 0.15) is 11.2 Å². The lowest BCUT2D eigenvalue weighted by atomic mass is 10.0. The molecule has 4 heterocycles. The minimum Gasteiger partial charge on any atom is -0.455 e. The fourth-order valence-electron chi connectivity index (χ4n) is 8.00. The number of rotatable bonds is 5. The predicted molar refractivity (Wildman–Crippen MR) is 236 cm³/mol. The zero-order valence-electron chi connectivity index (χ0n) is 36.0. The maximum absolute atomic E-state index is 9.08. The molecule has 0 bridgehead atoms. The summed E-state index contributed by atoms with van der Waals surface area (Å²) in [5.74, 6) is 1.59. The van der Waals surface area contributed by atoms with Gasteiger partial charge in [0.2, 0.25) is 0 Å². The van der Waals surface area contributed by atoms with Gasteiger partial charge in [-0.25, -0.2) is 15.0 Å². The molecule has 0 fully saturated rings. The molecule has 5 nitrogen and oxygen atoms in total. The predicted octanol–water partition coefficient (Wildman–Crippen LogP) is 13.9. The van der Waals surface area contributed by atoms with E-state index < -0.39 is 0 Å². The maximum Gasteiger partial charge on any atom is 0.165 e. The lowest BCUT2D eigenvalue weighted by Crippen LogP contribution is -2.00. The van der Waals surface area contributed by atoms with Crippen molar-refractivity contribution >= 4 is 75.3 Å². The van der Waals surface area contributed by atoms with Crippen LogP contribution in [-0.4, -0.2) is 19.5 Å². The van der Waals surface area contributed by atoms with Gasteiger partial charge < -0.3 is 8.98 Å². The van der Waals surface area contributed by atoms with Crippen molar-refractivity contribution in [3.8, 4) is 51.0 Å². The number of aromatic nitrogens is 4. The maximum atomic E-state index is 9.08. The number of nitrogens with zero attached hydrogens (tertiary/aromatic N) is 4. The van der Waals surface area contributed by atoms with Crippen LogP contribution in [0.15, 0.2) is 186 Å². The van der Waals surface area contributed by atoms with Crippen LogP contribution in [-0.2, 0) is 0 Å². The highest BCUT2D eigenvalue weighted by molar-refractivity contribution is 7.26. The summed E-state index contributed by atoms with van der Waals surface area (Å²) in [6, 6.07) is 46.1. The zero-order valence-corrected chi connectivity index (χ0v) is 30.8. The van der Waals surface area contributed by atoms with Crippen molar-refractivity contribution in [3.05, 3.63) is 182 Å². The van der Waals surface area contributed by atoms with Gasteiger partial charge in [-0.2, -0.15) is 0 Å². The lowest BCUT2D eigenvalue weighted by Gasteiger charge is -2.11. The third-order valence-corrected chi connectivity index (χ3v) is 11.8.